The molecule has 1 N–H and O–H groups in total. The monoisotopic (exact) mass is 446 g/mol. The van der Waals surface area contributed by atoms with Crippen LogP contribution in [0.15, 0.2) is 53.7 Å². The summed E-state index contributed by atoms with van der Waals surface area (Å²) in [5.74, 6) is -0.709. The van der Waals surface area contributed by atoms with Crippen molar-refractivity contribution in [2.75, 3.05) is 11.9 Å². The number of oxime groups is 1. The van der Waals surface area contributed by atoms with Crippen LogP contribution >= 0.6 is 34.2 Å². The Morgan fingerprint density at radius 1 is 1.30 bits per heavy atom. The number of hydrogen-bond donors (Lipinski definition) is 1. The second kappa shape index (κ2) is 7.74. The molecule has 2 aromatic rings. The van der Waals surface area contributed by atoms with Crippen molar-refractivity contribution in [3.05, 3.63) is 64.7 Å². The highest BCUT2D eigenvalue weighted by atomic mass is 127. The van der Waals surface area contributed by atoms with Gasteiger partial charge in [0.05, 0.1) is 5.69 Å². The number of carbonyl (C=O) groups is 1. The summed E-state index contributed by atoms with van der Waals surface area (Å²) in [5.41, 5.74) is 1.71. The molecule has 0 bridgehead atoms. The Morgan fingerprint density at radius 3 is 2.52 bits per heavy atom. The highest BCUT2D eigenvalue weighted by Gasteiger charge is 2.23. The lowest BCUT2D eigenvalue weighted by atomic mass is 10.00. The molecule has 1 atom stereocenters. The summed E-state index contributed by atoms with van der Waals surface area (Å²) >= 11 is 7.44. The van der Waals surface area contributed by atoms with Crippen LogP contribution in [0.1, 0.15) is 11.1 Å². The Morgan fingerprint density at radius 2 is 1.96 bits per heavy atom. The van der Waals surface area contributed by atoms with E-state index in [4.69, 9.17) is 11.6 Å². The average Bonchev–Trinajstić information content (AvgIpc) is 2.55. The fourth-order valence-corrected chi connectivity index (χ4v) is 2.71. The molecular weight excluding hydrogens is 434 g/mol. The van der Waals surface area contributed by atoms with Crippen LogP contribution in [0.2, 0.25) is 5.02 Å². The molecule has 1 unspecified atom stereocenters. The van der Waals surface area contributed by atoms with Gasteiger partial charge in [0.1, 0.15) is 5.71 Å². The lowest BCUT2D eigenvalue weighted by Crippen LogP contribution is -2.32. The minimum atomic E-state index is -1.67. The van der Waals surface area contributed by atoms with Gasteiger partial charge in [-0.3, -0.25) is 4.79 Å². The van der Waals surface area contributed by atoms with Gasteiger partial charge < -0.3 is 10.1 Å². The van der Waals surface area contributed by atoms with Gasteiger partial charge >= 0.3 is 0 Å². The Bertz CT molecular complexity index is 738. The molecule has 1 amide bonds. The summed E-state index contributed by atoms with van der Waals surface area (Å²) in [4.78, 5) is 13.1. The van der Waals surface area contributed by atoms with E-state index in [9.17, 15) is 14.4 Å². The van der Waals surface area contributed by atoms with Crippen LogP contribution in [-0.4, -0.2) is 28.1 Å². The maximum atomic E-state index is 13.3. The fraction of sp³-hybridized carbons (Fsp3) is 0.125. The Kier molecular flexibility index (Phi) is 5.95. The van der Waals surface area contributed by atoms with E-state index >= 15 is 0 Å². The summed E-state index contributed by atoms with van der Waals surface area (Å²) in [5, 5.41) is 13.2. The number of benzene rings is 2. The average molecular weight is 447 g/mol. The third-order valence-electron chi connectivity index (χ3n) is 3.24. The smallest absolute Gasteiger partial charge is 0.271 e. The molecule has 7 heteroatoms. The van der Waals surface area contributed by atoms with E-state index in [1.165, 1.54) is 34.5 Å². The van der Waals surface area contributed by atoms with Crippen LogP contribution in [0.25, 0.3) is 0 Å². The SMILES string of the molecule is CN(C(=O)C(F)I)c1ccc(Cl)cc1C(=NO)c1ccccc1. The van der Waals surface area contributed by atoms with Crippen molar-refractivity contribution in [2.45, 2.75) is 4.18 Å². The normalized spacial score (nSPS) is 12.8. The number of hydrogen-bond acceptors (Lipinski definition) is 3. The van der Waals surface area contributed by atoms with E-state index in [1.54, 1.807) is 42.5 Å². The molecule has 120 valence electrons. The molecule has 4 nitrogen and oxygen atoms in total. The van der Waals surface area contributed by atoms with Gasteiger partial charge in [0.15, 0.2) is 0 Å². The number of alkyl halides is 2. The third kappa shape index (κ3) is 4.00. The summed E-state index contributed by atoms with van der Waals surface area (Å²) < 4.78 is 11.7. The van der Waals surface area contributed by atoms with Gasteiger partial charge in [0, 0.05) is 23.2 Å². The van der Waals surface area contributed by atoms with Crippen molar-refractivity contribution < 1.29 is 14.4 Å². The molecule has 0 saturated carbocycles. The van der Waals surface area contributed by atoms with Crippen molar-refractivity contribution in [3.8, 4) is 0 Å². The van der Waals surface area contributed by atoms with Gasteiger partial charge in [0.25, 0.3) is 5.91 Å². The molecule has 0 spiro atoms. The van der Waals surface area contributed by atoms with Crippen LogP contribution < -0.4 is 4.90 Å². The molecule has 2 aromatic carbocycles. The molecule has 2 rings (SSSR count). The number of anilines is 1. The number of amides is 1. The topological polar surface area (TPSA) is 52.9 Å². The van der Waals surface area contributed by atoms with Crippen LogP contribution in [0.4, 0.5) is 10.1 Å². The van der Waals surface area contributed by atoms with Crippen LogP contribution in [0.3, 0.4) is 0 Å². The Hall–Kier alpha value is -1.67. The summed E-state index contributed by atoms with van der Waals surface area (Å²) in [6.07, 6.45) is 0. The molecule has 0 aliphatic heterocycles. The molecule has 0 aliphatic carbocycles. The molecule has 0 aromatic heterocycles. The minimum Gasteiger partial charge on any atom is -0.410 e. The van der Waals surface area contributed by atoms with Gasteiger partial charge in [-0.05, 0) is 40.8 Å². The lowest BCUT2D eigenvalue weighted by molar-refractivity contribution is -0.119. The first kappa shape index (κ1) is 17.7. The minimum absolute atomic E-state index is 0.242. The van der Waals surface area contributed by atoms with Crippen molar-refractivity contribution in [1.82, 2.24) is 0 Å². The molecule has 23 heavy (non-hydrogen) atoms. The highest BCUT2D eigenvalue weighted by Crippen LogP contribution is 2.28. The van der Waals surface area contributed by atoms with E-state index in [0.29, 0.717) is 21.8 Å². The standard InChI is InChI=1S/C16H13ClFIN2O2/c1-21(16(22)15(18)19)13-8-7-11(17)9-12(13)14(20-23)10-5-3-2-4-6-10/h2-9,15,23H,1H3. The summed E-state index contributed by atoms with van der Waals surface area (Å²) in [6, 6.07) is 13.7. The highest BCUT2D eigenvalue weighted by molar-refractivity contribution is 14.1. The van der Waals surface area contributed by atoms with Crippen molar-refractivity contribution in [3.63, 3.8) is 0 Å². The number of nitrogens with zero attached hydrogens (tertiary/aromatic N) is 2. The van der Waals surface area contributed by atoms with Crippen LogP contribution in [0.5, 0.6) is 0 Å². The zero-order valence-corrected chi connectivity index (χ0v) is 15.0. The zero-order valence-electron chi connectivity index (χ0n) is 12.1. The predicted octanol–water partition coefficient (Wildman–Crippen LogP) is 4.26. The fourth-order valence-electron chi connectivity index (χ4n) is 2.12. The summed E-state index contributed by atoms with van der Waals surface area (Å²) in [6.45, 7) is 0. The van der Waals surface area contributed by atoms with Crippen molar-refractivity contribution in [2.24, 2.45) is 5.16 Å². The first-order valence-electron chi connectivity index (χ1n) is 6.58. The van der Waals surface area contributed by atoms with E-state index < -0.39 is 10.1 Å². The van der Waals surface area contributed by atoms with E-state index in [-0.39, 0.29) is 5.71 Å². The van der Waals surface area contributed by atoms with Gasteiger partial charge in [-0.1, -0.05) is 47.1 Å². The molecular formula is C16H13ClFIN2O2. The molecule has 0 heterocycles. The lowest BCUT2D eigenvalue weighted by Gasteiger charge is -2.21. The first-order valence-corrected chi connectivity index (χ1v) is 8.21. The second-order valence-electron chi connectivity index (χ2n) is 4.67. The number of carbonyl (C=O) groups excluding carboxylic acids is 1. The Balaban J connectivity index is 2.57. The largest absolute Gasteiger partial charge is 0.410 e. The second-order valence-corrected chi connectivity index (χ2v) is 6.20. The molecule has 0 radical (unpaired) electrons. The molecule has 0 aliphatic rings. The van der Waals surface area contributed by atoms with Gasteiger partial charge in [0.2, 0.25) is 4.18 Å². The quantitative estimate of drug-likeness (QED) is 0.251. The number of halogens is 3. The molecule has 0 fully saturated rings. The first-order chi connectivity index (χ1) is 11.0. The van der Waals surface area contributed by atoms with E-state index in [2.05, 4.69) is 5.16 Å². The van der Waals surface area contributed by atoms with Gasteiger partial charge in [-0.15, -0.1) is 0 Å². The third-order valence-corrected chi connectivity index (χ3v) is 4.01. The maximum absolute atomic E-state index is 13.3. The van der Waals surface area contributed by atoms with Crippen LogP contribution in [-0.2, 0) is 4.79 Å². The van der Waals surface area contributed by atoms with Crippen molar-refractivity contribution >= 4 is 51.5 Å². The van der Waals surface area contributed by atoms with Crippen LogP contribution in [0, 0.1) is 0 Å². The number of rotatable bonds is 4. The van der Waals surface area contributed by atoms with Crippen molar-refractivity contribution in [1.29, 1.82) is 0 Å². The van der Waals surface area contributed by atoms with E-state index in [0.717, 1.165) is 0 Å². The maximum Gasteiger partial charge on any atom is 0.271 e. The summed E-state index contributed by atoms with van der Waals surface area (Å²) in [7, 11) is 1.46. The molecule has 0 saturated heterocycles. The van der Waals surface area contributed by atoms with Gasteiger partial charge in [-0.2, -0.15) is 0 Å². The zero-order chi connectivity index (χ0) is 17.0. The predicted molar refractivity (Wildman–Crippen MR) is 97.6 cm³/mol. The Labute approximate surface area is 151 Å². The van der Waals surface area contributed by atoms with Gasteiger partial charge in [-0.25, -0.2) is 4.39 Å². The van der Waals surface area contributed by atoms with E-state index in [1.807, 2.05) is 6.07 Å².